The van der Waals surface area contributed by atoms with Crippen LogP contribution < -0.4 is 5.73 Å². The first kappa shape index (κ1) is 14.3. The number of nitrogens with two attached hydrogens (primary N) is 1. The molecule has 0 bridgehead atoms. The lowest BCUT2D eigenvalue weighted by atomic mass is 9.78. The average Bonchev–Trinajstić information content (AvgIpc) is 2.35. The Labute approximate surface area is 114 Å². The summed E-state index contributed by atoms with van der Waals surface area (Å²) in [6.07, 6.45) is 6.16. The van der Waals surface area contributed by atoms with Gasteiger partial charge in [0.1, 0.15) is 0 Å². The molecule has 1 atom stereocenters. The highest BCUT2D eigenvalue weighted by atomic mass is 16.4. The molecule has 0 aromatic heterocycles. The lowest BCUT2D eigenvalue weighted by molar-refractivity contribution is -0.143. The Morgan fingerprint density at radius 3 is 2.16 bits per heavy atom. The van der Waals surface area contributed by atoms with E-state index in [0.717, 1.165) is 25.7 Å². The van der Waals surface area contributed by atoms with Crippen molar-refractivity contribution in [3.8, 4) is 0 Å². The molecule has 0 aromatic rings. The molecular formula is C14H24N2O3. The summed E-state index contributed by atoms with van der Waals surface area (Å²) in [4.78, 5) is 25.0. The van der Waals surface area contributed by atoms with Crippen LogP contribution in [0.3, 0.4) is 0 Å². The normalized spacial score (nSPS) is 29.4. The molecule has 0 heterocycles. The Hall–Kier alpha value is -1.10. The van der Waals surface area contributed by atoms with Gasteiger partial charge in [-0.3, -0.25) is 9.59 Å². The summed E-state index contributed by atoms with van der Waals surface area (Å²) in [6, 6.07) is -0.0887. The van der Waals surface area contributed by atoms with Crippen LogP contribution in [-0.2, 0) is 9.59 Å². The summed E-state index contributed by atoms with van der Waals surface area (Å²) < 4.78 is 0. The highest BCUT2D eigenvalue weighted by molar-refractivity contribution is 5.82. The number of amides is 1. The Kier molecular flexibility index (Phi) is 4.45. The van der Waals surface area contributed by atoms with Gasteiger partial charge in [0.2, 0.25) is 5.91 Å². The van der Waals surface area contributed by atoms with E-state index in [1.165, 1.54) is 6.42 Å². The van der Waals surface area contributed by atoms with Gasteiger partial charge in [-0.1, -0.05) is 0 Å². The molecule has 2 aliphatic carbocycles. The van der Waals surface area contributed by atoms with E-state index in [-0.39, 0.29) is 17.7 Å². The maximum atomic E-state index is 12.3. The molecule has 0 radical (unpaired) electrons. The second kappa shape index (κ2) is 5.90. The predicted octanol–water partition coefficient (Wildman–Crippen LogP) is 1.22. The molecule has 0 aromatic carbocycles. The number of hydrogen-bond donors (Lipinski definition) is 2. The van der Waals surface area contributed by atoms with Crippen LogP contribution >= 0.6 is 0 Å². The topological polar surface area (TPSA) is 83.6 Å². The molecule has 1 amide bonds. The van der Waals surface area contributed by atoms with Crippen molar-refractivity contribution in [3.05, 3.63) is 0 Å². The van der Waals surface area contributed by atoms with Gasteiger partial charge in [-0.25, -0.2) is 0 Å². The van der Waals surface area contributed by atoms with Crippen LogP contribution in [0.5, 0.6) is 0 Å². The van der Waals surface area contributed by atoms with Crippen molar-refractivity contribution in [3.63, 3.8) is 0 Å². The van der Waals surface area contributed by atoms with Crippen molar-refractivity contribution in [1.82, 2.24) is 4.90 Å². The predicted molar refractivity (Wildman–Crippen MR) is 71.5 cm³/mol. The smallest absolute Gasteiger partial charge is 0.306 e. The molecule has 2 rings (SSSR count). The molecule has 5 heteroatoms. The quantitative estimate of drug-likeness (QED) is 0.803. The molecule has 5 nitrogen and oxygen atoms in total. The summed E-state index contributed by atoms with van der Waals surface area (Å²) in [7, 11) is 1.84. The molecule has 1 unspecified atom stereocenters. The highest BCUT2D eigenvalue weighted by Crippen LogP contribution is 2.32. The van der Waals surface area contributed by atoms with Crippen LogP contribution in [0.4, 0.5) is 0 Å². The first-order valence-electron chi connectivity index (χ1n) is 7.25. The third-order valence-electron chi connectivity index (χ3n) is 4.88. The molecule has 0 spiro atoms. The van der Waals surface area contributed by atoms with Crippen LogP contribution in [0.2, 0.25) is 0 Å². The average molecular weight is 268 g/mol. The van der Waals surface area contributed by atoms with E-state index in [1.54, 1.807) is 4.90 Å². The van der Waals surface area contributed by atoms with Crippen molar-refractivity contribution < 1.29 is 14.7 Å². The molecular weight excluding hydrogens is 244 g/mol. The van der Waals surface area contributed by atoms with E-state index in [4.69, 9.17) is 10.8 Å². The summed E-state index contributed by atoms with van der Waals surface area (Å²) in [5.41, 5.74) is 6.09. The zero-order valence-corrected chi connectivity index (χ0v) is 11.5. The van der Waals surface area contributed by atoms with Gasteiger partial charge in [-0.2, -0.15) is 0 Å². The van der Waals surface area contributed by atoms with E-state index in [1.807, 2.05) is 7.05 Å². The van der Waals surface area contributed by atoms with Gasteiger partial charge in [-0.05, 0) is 50.9 Å². The van der Waals surface area contributed by atoms with Gasteiger partial charge >= 0.3 is 5.97 Å². The number of carbonyl (C=O) groups excluding carboxylic acids is 1. The fourth-order valence-corrected chi connectivity index (χ4v) is 3.12. The maximum Gasteiger partial charge on any atom is 0.306 e. The van der Waals surface area contributed by atoms with E-state index < -0.39 is 12.0 Å². The summed E-state index contributed by atoms with van der Waals surface area (Å²) in [5, 5.41) is 8.97. The van der Waals surface area contributed by atoms with E-state index >= 15 is 0 Å². The molecule has 2 aliphatic rings. The van der Waals surface area contributed by atoms with E-state index in [9.17, 15) is 9.59 Å². The molecule has 2 saturated carbocycles. The van der Waals surface area contributed by atoms with Gasteiger partial charge in [0, 0.05) is 13.1 Å². The van der Waals surface area contributed by atoms with Crippen molar-refractivity contribution in [2.75, 3.05) is 7.05 Å². The van der Waals surface area contributed by atoms with Crippen LogP contribution in [0.1, 0.15) is 44.9 Å². The monoisotopic (exact) mass is 268 g/mol. The zero-order chi connectivity index (χ0) is 14.0. The Balaban J connectivity index is 1.84. The van der Waals surface area contributed by atoms with Crippen molar-refractivity contribution in [2.45, 2.75) is 57.0 Å². The largest absolute Gasteiger partial charge is 0.481 e. The molecule has 108 valence electrons. The number of rotatable bonds is 4. The summed E-state index contributed by atoms with van der Waals surface area (Å²) in [6.45, 7) is 0. The maximum absolute atomic E-state index is 12.3. The first-order chi connectivity index (χ1) is 9.00. The van der Waals surface area contributed by atoms with Crippen LogP contribution in [0, 0.1) is 11.8 Å². The molecule has 3 N–H and O–H groups in total. The standard InChI is InChI=1S/C14H24N2O3/c1-16(11-3-2-4-11)13(17)12(15)9-5-7-10(8-6-9)14(18)19/h9-12H,2-8,15H2,1H3,(H,18,19). The number of nitrogens with zero attached hydrogens (tertiary/aromatic N) is 1. The number of likely N-dealkylation sites (N-methyl/N-ethyl adjacent to an activating group) is 1. The van der Waals surface area contributed by atoms with Crippen molar-refractivity contribution in [1.29, 1.82) is 0 Å². The van der Waals surface area contributed by atoms with Gasteiger partial charge < -0.3 is 15.7 Å². The van der Waals surface area contributed by atoms with E-state index in [0.29, 0.717) is 18.9 Å². The molecule has 19 heavy (non-hydrogen) atoms. The SMILES string of the molecule is CN(C(=O)C(N)C1CCC(C(=O)O)CC1)C1CCC1. The number of aliphatic carboxylic acids is 1. The minimum absolute atomic E-state index is 0.0310. The first-order valence-corrected chi connectivity index (χ1v) is 7.25. The zero-order valence-electron chi connectivity index (χ0n) is 11.5. The molecule has 0 aliphatic heterocycles. The number of carboxylic acids is 1. The van der Waals surface area contributed by atoms with Crippen LogP contribution in [0.15, 0.2) is 0 Å². The lowest BCUT2D eigenvalue weighted by Gasteiger charge is -2.38. The van der Waals surface area contributed by atoms with Crippen LogP contribution in [-0.4, -0.2) is 41.0 Å². The number of hydrogen-bond acceptors (Lipinski definition) is 3. The third kappa shape index (κ3) is 3.08. The van der Waals surface area contributed by atoms with Gasteiger partial charge in [0.25, 0.3) is 0 Å². The minimum atomic E-state index is -0.718. The number of carboxylic acid groups (broad SMARTS) is 1. The van der Waals surface area contributed by atoms with Gasteiger partial charge in [-0.15, -0.1) is 0 Å². The number of carbonyl (C=O) groups is 2. The summed E-state index contributed by atoms with van der Waals surface area (Å²) in [5.74, 6) is -0.790. The lowest BCUT2D eigenvalue weighted by Crippen LogP contribution is -2.52. The second-order valence-corrected chi connectivity index (χ2v) is 6.01. The Morgan fingerprint density at radius 2 is 1.74 bits per heavy atom. The van der Waals surface area contributed by atoms with Gasteiger partial charge in [0.05, 0.1) is 12.0 Å². The van der Waals surface area contributed by atoms with Crippen molar-refractivity contribution >= 4 is 11.9 Å². The fourth-order valence-electron chi connectivity index (χ4n) is 3.12. The molecule has 0 saturated heterocycles. The fraction of sp³-hybridized carbons (Fsp3) is 0.857. The van der Waals surface area contributed by atoms with Crippen LogP contribution in [0.25, 0.3) is 0 Å². The summed E-state index contributed by atoms with van der Waals surface area (Å²) >= 11 is 0. The highest BCUT2D eigenvalue weighted by Gasteiger charge is 2.35. The minimum Gasteiger partial charge on any atom is -0.481 e. The van der Waals surface area contributed by atoms with Gasteiger partial charge in [0.15, 0.2) is 0 Å². The van der Waals surface area contributed by atoms with E-state index in [2.05, 4.69) is 0 Å². The molecule has 2 fully saturated rings. The second-order valence-electron chi connectivity index (χ2n) is 6.01. The Bertz CT molecular complexity index is 347. The Morgan fingerprint density at radius 1 is 1.16 bits per heavy atom. The third-order valence-corrected chi connectivity index (χ3v) is 4.88. The van der Waals surface area contributed by atoms with Crippen molar-refractivity contribution in [2.24, 2.45) is 17.6 Å².